The zero-order valence-corrected chi connectivity index (χ0v) is 24.2. The largest absolute Gasteiger partial charge is 0.453 e. The van der Waals surface area contributed by atoms with E-state index in [9.17, 15) is 0 Å². The molecule has 2 aliphatic rings. The highest BCUT2D eigenvalue weighted by molar-refractivity contribution is 9.11. The van der Waals surface area contributed by atoms with E-state index in [2.05, 4.69) is 90.2 Å². The Kier molecular flexibility index (Phi) is 5.40. The molecule has 0 spiro atoms. The minimum atomic E-state index is 0.830. The Hall–Kier alpha value is -4.26. The second kappa shape index (κ2) is 9.15. The standard InChI is InChI=1S/C34H20Br2N2O2/c35-25-19-21(37-27-9-1-5-13-31(27)39-32-14-6-2-10-28(32)37)17-23-24(25)18-22(20-26(23)36)38-29-11-3-7-15-33(29)40-34-16-8-4-12-30(34)38/h1-20H. The average Bonchev–Trinajstić information content (AvgIpc) is 2.99. The Labute approximate surface area is 248 Å². The highest BCUT2D eigenvalue weighted by atomic mass is 79.9. The lowest BCUT2D eigenvalue weighted by Crippen LogP contribution is -2.16. The first-order chi connectivity index (χ1) is 19.7. The predicted octanol–water partition coefficient (Wildman–Crippen LogP) is 11.5. The van der Waals surface area contributed by atoms with Crippen LogP contribution in [0, 0.1) is 0 Å². The molecule has 4 nitrogen and oxygen atoms in total. The first-order valence-electron chi connectivity index (χ1n) is 12.9. The number of hydrogen-bond acceptors (Lipinski definition) is 4. The van der Waals surface area contributed by atoms with Gasteiger partial charge in [-0.2, -0.15) is 0 Å². The summed E-state index contributed by atoms with van der Waals surface area (Å²) in [7, 11) is 0. The van der Waals surface area contributed by atoms with E-state index >= 15 is 0 Å². The van der Waals surface area contributed by atoms with Crippen LogP contribution in [0.5, 0.6) is 23.0 Å². The van der Waals surface area contributed by atoms with Gasteiger partial charge in [-0.15, -0.1) is 0 Å². The summed E-state index contributed by atoms with van der Waals surface area (Å²) in [5.41, 5.74) is 6.09. The Balaban J connectivity index is 1.31. The summed E-state index contributed by atoms with van der Waals surface area (Å²) < 4.78 is 14.5. The van der Waals surface area contributed by atoms with Crippen molar-refractivity contribution in [2.75, 3.05) is 9.80 Å². The molecule has 0 fully saturated rings. The maximum Gasteiger partial charge on any atom is 0.151 e. The van der Waals surface area contributed by atoms with Crippen molar-refractivity contribution in [1.29, 1.82) is 0 Å². The van der Waals surface area contributed by atoms with E-state index in [0.29, 0.717) is 0 Å². The topological polar surface area (TPSA) is 24.9 Å². The van der Waals surface area contributed by atoms with E-state index in [4.69, 9.17) is 9.47 Å². The van der Waals surface area contributed by atoms with Crippen LogP contribution in [0.25, 0.3) is 10.8 Å². The number of halogens is 2. The molecular formula is C34H20Br2N2O2. The number of nitrogens with zero attached hydrogens (tertiary/aromatic N) is 2. The molecule has 6 heteroatoms. The molecule has 8 rings (SSSR count). The fourth-order valence-corrected chi connectivity index (χ4v) is 6.69. The lowest BCUT2D eigenvalue weighted by atomic mass is 10.0. The van der Waals surface area contributed by atoms with Crippen molar-refractivity contribution in [1.82, 2.24) is 0 Å². The summed E-state index contributed by atoms with van der Waals surface area (Å²) in [6.45, 7) is 0. The van der Waals surface area contributed by atoms with Gasteiger partial charge in [-0.3, -0.25) is 0 Å². The number of rotatable bonds is 2. The quantitative estimate of drug-likeness (QED) is 0.186. The molecule has 6 aromatic rings. The minimum Gasteiger partial charge on any atom is -0.453 e. The summed E-state index contributed by atoms with van der Waals surface area (Å²) in [6, 6.07) is 41.4. The van der Waals surface area contributed by atoms with Gasteiger partial charge in [0.1, 0.15) is 0 Å². The molecule has 0 saturated carbocycles. The van der Waals surface area contributed by atoms with Crippen molar-refractivity contribution in [2.45, 2.75) is 0 Å². The van der Waals surface area contributed by atoms with Gasteiger partial charge in [0.05, 0.1) is 22.7 Å². The molecular weight excluding hydrogens is 628 g/mol. The number of benzene rings is 6. The predicted molar refractivity (Wildman–Crippen MR) is 169 cm³/mol. The third kappa shape index (κ3) is 3.64. The zero-order chi connectivity index (χ0) is 26.8. The van der Waals surface area contributed by atoms with Gasteiger partial charge < -0.3 is 19.3 Å². The van der Waals surface area contributed by atoms with Crippen LogP contribution in [0.2, 0.25) is 0 Å². The average molecular weight is 648 g/mol. The maximum absolute atomic E-state index is 6.23. The SMILES string of the molecule is Brc1cc(N2c3ccccc3Oc3ccccc32)cc2c(Br)cc(N3c4ccccc4Oc4ccccc43)cc12. The van der Waals surface area contributed by atoms with Crippen LogP contribution in [-0.4, -0.2) is 0 Å². The zero-order valence-electron chi connectivity index (χ0n) is 21.0. The van der Waals surface area contributed by atoms with E-state index in [1.807, 2.05) is 72.8 Å². The molecule has 0 N–H and O–H groups in total. The van der Waals surface area contributed by atoms with Crippen LogP contribution in [-0.2, 0) is 0 Å². The minimum absolute atomic E-state index is 0.830. The second-order valence-corrected chi connectivity index (χ2v) is 11.4. The lowest BCUT2D eigenvalue weighted by Gasteiger charge is -2.34. The summed E-state index contributed by atoms with van der Waals surface area (Å²) in [4.78, 5) is 4.51. The molecule has 0 radical (unpaired) electrons. The number of ether oxygens (including phenoxy) is 2. The van der Waals surface area contributed by atoms with E-state index in [0.717, 1.165) is 76.8 Å². The Morgan fingerprint density at radius 1 is 0.400 bits per heavy atom. The van der Waals surface area contributed by atoms with Gasteiger partial charge in [0.15, 0.2) is 23.0 Å². The van der Waals surface area contributed by atoms with Gasteiger partial charge >= 0.3 is 0 Å². The van der Waals surface area contributed by atoms with Crippen LogP contribution < -0.4 is 19.3 Å². The molecule has 6 aromatic carbocycles. The third-order valence-electron chi connectivity index (χ3n) is 7.32. The number of anilines is 6. The second-order valence-electron chi connectivity index (χ2n) is 9.70. The molecule has 0 amide bonds. The maximum atomic E-state index is 6.23. The fraction of sp³-hybridized carbons (Fsp3) is 0. The molecule has 2 heterocycles. The normalized spacial score (nSPS) is 13.1. The highest BCUT2D eigenvalue weighted by Gasteiger charge is 2.28. The lowest BCUT2D eigenvalue weighted by molar-refractivity contribution is 0.476. The first-order valence-corrected chi connectivity index (χ1v) is 14.5. The Morgan fingerprint density at radius 3 is 1.02 bits per heavy atom. The Morgan fingerprint density at radius 2 is 0.700 bits per heavy atom. The fourth-order valence-electron chi connectivity index (χ4n) is 5.57. The van der Waals surface area contributed by atoms with Crippen LogP contribution in [0.4, 0.5) is 34.1 Å². The van der Waals surface area contributed by atoms with E-state index in [-0.39, 0.29) is 0 Å². The van der Waals surface area contributed by atoms with Crippen LogP contribution in [0.3, 0.4) is 0 Å². The first kappa shape index (κ1) is 23.6. The summed E-state index contributed by atoms with van der Waals surface area (Å²) in [5, 5.41) is 2.20. The van der Waals surface area contributed by atoms with Crippen molar-refractivity contribution in [3.63, 3.8) is 0 Å². The van der Waals surface area contributed by atoms with Gasteiger partial charge in [-0.25, -0.2) is 0 Å². The number of hydrogen-bond donors (Lipinski definition) is 0. The van der Waals surface area contributed by atoms with Crippen LogP contribution in [0.15, 0.2) is 130 Å². The van der Waals surface area contributed by atoms with E-state index < -0.39 is 0 Å². The smallest absolute Gasteiger partial charge is 0.151 e. The van der Waals surface area contributed by atoms with Gasteiger partial charge in [0.25, 0.3) is 0 Å². The van der Waals surface area contributed by atoms with Gasteiger partial charge in [0, 0.05) is 20.3 Å². The summed E-state index contributed by atoms with van der Waals surface area (Å²) in [5.74, 6) is 3.32. The summed E-state index contributed by atoms with van der Waals surface area (Å²) >= 11 is 7.86. The molecule has 2 aliphatic heterocycles. The molecule has 192 valence electrons. The van der Waals surface area contributed by atoms with Crippen molar-refractivity contribution in [3.8, 4) is 23.0 Å². The van der Waals surface area contributed by atoms with Crippen molar-refractivity contribution >= 4 is 76.8 Å². The Bertz CT molecular complexity index is 1740. The van der Waals surface area contributed by atoms with E-state index in [1.54, 1.807) is 0 Å². The van der Waals surface area contributed by atoms with Crippen molar-refractivity contribution in [2.24, 2.45) is 0 Å². The van der Waals surface area contributed by atoms with Crippen LogP contribution in [0.1, 0.15) is 0 Å². The molecule has 0 unspecified atom stereocenters. The number of fused-ring (bicyclic) bond motifs is 5. The molecule has 0 aliphatic carbocycles. The molecule has 0 aromatic heterocycles. The third-order valence-corrected chi connectivity index (χ3v) is 8.63. The summed E-state index contributed by atoms with van der Waals surface area (Å²) in [6.07, 6.45) is 0. The van der Waals surface area contributed by atoms with Gasteiger partial charge in [0.2, 0.25) is 0 Å². The van der Waals surface area contributed by atoms with Crippen molar-refractivity contribution < 1.29 is 9.47 Å². The molecule has 0 saturated heterocycles. The van der Waals surface area contributed by atoms with Crippen molar-refractivity contribution in [3.05, 3.63) is 130 Å². The molecule has 40 heavy (non-hydrogen) atoms. The molecule has 0 atom stereocenters. The van der Waals surface area contributed by atoms with Crippen LogP contribution >= 0.6 is 31.9 Å². The molecule has 0 bridgehead atoms. The van der Waals surface area contributed by atoms with E-state index in [1.165, 1.54) is 0 Å². The van der Waals surface area contributed by atoms with Gasteiger partial charge in [-0.1, -0.05) is 80.4 Å². The van der Waals surface area contributed by atoms with Gasteiger partial charge in [-0.05, 0) is 83.6 Å². The monoisotopic (exact) mass is 646 g/mol. The number of para-hydroxylation sites is 8. The highest BCUT2D eigenvalue weighted by Crippen LogP contribution is 2.53.